The lowest BCUT2D eigenvalue weighted by Gasteiger charge is -2.03. The van der Waals surface area contributed by atoms with Crippen LogP contribution in [0.15, 0.2) is 11.6 Å². The molecule has 5 heteroatoms. The topological polar surface area (TPSA) is 37.3 Å². The number of hydrogen-bond acceptors (Lipinski definition) is 1. The summed E-state index contributed by atoms with van der Waals surface area (Å²) in [4.78, 5) is 9.68. The number of carboxylic acid groups (broad SMARTS) is 1. The Balaban J connectivity index is 4.35. The van der Waals surface area contributed by atoms with E-state index in [1.807, 2.05) is 0 Å². The van der Waals surface area contributed by atoms with Gasteiger partial charge in [-0.3, -0.25) is 0 Å². The van der Waals surface area contributed by atoms with Crippen LogP contribution in [0.3, 0.4) is 0 Å². The number of halogens is 3. The summed E-state index contributed by atoms with van der Waals surface area (Å²) in [6.45, 7) is 0.702. The zero-order valence-electron chi connectivity index (χ0n) is 5.07. The molecular weight excluding hydrogens is 149 g/mol. The van der Waals surface area contributed by atoms with Crippen LogP contribution in [0, 0.1) is 0 Å². The molecule has 0 saturated heterocycles. The van der Waals surface area contributed by atoms with Crippen LogP contribution in [0.25, 0.3) is 0 Å². The molecule has 0 atom stereocenters. The first-order chi connectivity index (χ1) is 4.34. The number of allylic oxidation sites excluding steroid dienone is 1. The quantitative estimate of drug-likeness (QED) is 0.582. The van der Waals surface area contributed by atoms with Gasteiger partial charge in [-0.15, -0.1) is 0 Å². The fourth-order valence-corrected chi connectivity index (χ4v) is 0.267. The van der Waals surface area contributed by atoms with E-state index in [1.54, 1.807) is 0 Å². The van der Waals surface area contributed by atoms with E-state index in [0.29, 0.717) is 6.92 Å². The van der Waals surface area contributed by atoms with Gasteiger partial charge < -0.3 is 5.11 Å². The maximum absolute atomic E-state index is 11.5. The first-order valence-electron chi connectivity index (χ1n) is 2.32. The molecule has 58 valence electrons. The third kappa shape index (κ3) is 3.11. The van der Waals surface area contributed by atoms with Crippen LogP contribution in [0.5, 0.6) is 0 Å². The van der Waals surface area contributed by atoms with E-state index >= 15 is 0 Å². The van der Waals surface area contributed by atoms with Crippen molar-refractivity contribution < 1.29 is 23.1 Å². The lowest BCUT2D eigenvalue weighted by Crippen LogP contribution is -2.10. The standard InChI is InChI=1S/C5H5F3O2/c1-3(2-4(9)10)5(6,7)8/h2H,1H3,(H,9,10). The van der Waals surface area contributed by atoms with E-state index in [2.05, 4.69) is 0 Å². The Morgan fingerprint density at radius 2 is 1.90 bits per heavy atom. The summed E-state index contributed by atoms with van der Waals surface area (Å²) >= 11 is 0. The van der Waals surface area contributed by atoms with E-state index in [4.69, 9.17) is 5.11 Å². The Kier molecular flexibility index (Phi) is 2.45. The number of hydrogen-bond donors (Lipinski definition) is 1. The van der Waals surface area contributed by atoms with Crippen LogP contribution in [-0.4, -0.2) is 17.3 Å². The minimum atomic E-state index is -4.53. The lowest BCUT2D eigenvalue weighted by molar-refractivity contribution is -0.132. The lowest BCUT2D eigenvalue weighted by atomic mass is 10.3. The molecule has 0 aliphatic carbocycles. The molecule has 0 aliphatic rings. The highest BCUT2D eigenvalue weighted by atomic mass is 19.4. The molecule has 0 aromatic heterocycles. The molecule has 0 spiro atoms. The SMILES string of the molecule is CC(=CC(=O)O)C(F)(F)F. The molecule has 0 unspecified atom stereocenters. The maximum Gasteiger partial charge on any atom is 0.412 e. The monoisotopic (exact) mass is 154 g/mol. The summed E-state index contributed by atoms with van der Waals surface area (Å²) in [6.07, 6.45) is -4.40. The van der Waals surface area contributed by atoms with Crippen LogP contribution in [-0.2, 0) is 4.79 Å². The first kappa shape index (κ1) is 9.00. The van der Waals surface area contributed by atoms with Gasteiger partial charge in [0, 0.05) is 11.6 Å². The van der Waals surface area contributed by atoms with Gasteiger partial charge in [-0.05, 0) is 6.92 Å². The van der Waals surface area contributed by atoms with Gasteiger partial charge in [0.25, 0.3) is 0 Å². The predicted molar refractivity (Wildman–Crippen MR) is 27.4 cm³/mol. The number of carboxylic acids is 1. The normalized spacial score (nSPS) is 13.4. The number of alkyl halides is 3. The van der Waals surface area contributed by atoms with Crippen molar-refractivity contribution in [3.05, 3.63) is 11.6 Å². The fraction of sp³-hybridized carbons (Fsp3) is 0.400. The van der Waals surface area contributed by atoms with Crippen molar-refractivity contribution >= 4 is 5.97 Å². The van der Waals surface area contributed by atoms with Gasteiger partial charge in [0.15, 0.2) is 0 Å². The zero-order valence-corrected chi connectivity index (χ0v) is 5.07. The van der Waals surface area contributed by atoms with Crippen molar-refractivity contribution in [1.82, 2.24) is 0 Å². The minimum absolute atomic E-state index is 0.125. The van der Waals surface area contributed by atoms with Gasteiger partial charge in [-0.25, -0.2) is 4.79 Å². The summed E-state index contributed by atoms with van der Waals surface area (Å²) < 4.78 is 34.4. The Morgan fingerprint density at radius 1 is 1.50 bits per heavy atom. The number of aliphatic carboxylic acids is 1. The third-order valence-corrected chi connectivity index (χ3v) is 0.787. The molecule has 0 bridgehead atoms. The van der Waals surface area contributed by atoms with Gasteiger partial charge in [-0.1, -0.05) is 0 Å². The minimum Gasteiger partial charge on any atom is -0.478 e. The Bertz CT molecular complexity index is 168. The molecule has 0 aliphatic heterocycles. The Hall–Kier alpha value is -1.00. The van der Waals surface area contributed by atoms with Crippen molar-refractivity contribution in [2.75, 3.05) is 0 Å². The molecule has 2 nitrogen and oxygen atoms in total. The zero-order chi connectivity index (χ0) is 8.36. The predicted octanol–water partition coefficient (Wildman–Crippen LogP) is 1.58. The summed E-state index contributed by atoms with van der Waals surface area (Å²) in [7, 11) is 0. The van der Waals surface area contributed by atoms with Gasteiger partial charge in [0.05, 0.1) is 0 Å². The molecule has 1 N–H and O–H groups in total. The highest BCUT2D eigenvalue weighted by molar-refractivity contribution is 5.80. The highest BCUT2D eigenvalue weighted by Gasteiger charge is 2.30. The maximum atomic E-state index is 11.5. The molecule has 0 amide bonds. The number of rotatable bonds is 1. The summed E-state index contributed by atoms with van der Waals surface area (Å²) in [5, 5.41) is 7.87. The average Bonchev–Trinajstić information content (AvgIpc) is 1.60. The van der Waals surface area contributed by atoms with Gasteiger partial charge in [0.2, 0.25) is 0 Å². The molecular formula is C5H5F3O2. The molecule has 0 aromatic carbocycles. The largest absolute Gasteiger partial charge is 0.478 e. The van der Waals surface area contributed by atoms with E-state index in [-0.39, 0.29) is 6.08 Å². The second-order valence-corrected chi connectivity index (χ2v) is 1.66. The van der Waals surface area contributed by atoms with Gasteiger partial charge in [0.1, 0.15) is 0 Å². The van der Waals surface area contributed by atoms with Crippen LogP contribution in [0.1, 0.15) is 6.92 Å². The van der Waals surface area contributed by atoms with Crippen LogP contribution >= 0.6 is 0 Å². The van der Waals surface area contributed by atoms with E-state index in [0.717, 1.165) is 0 Å². The summed E-state index contributed by atoms with van der Waals surface area (Å²) in [5.41, 5.74) is -1.11. The molecule has 0 saturated carbocycles. The van der Waals surface area contributed by atoms with Crippen LogP contribution in [0.4, 0.5) is 13.2 Å². The van der Waals surface area contributed by atoms with E-state index in [1.165, 1.54) is 0 Å². The Morgan fingerprint density at radius 3 is 2.00 bits per heavy atom. The second kappa shape index (κ2) is 2.72. The van der Waals surface area contributed by atoms with Crippen molar-refractivity contribution in [3.8, 4) is 0 Å². The van der Waals surface area contributed by atoms with Gasteiger partial charge >= 0.3 is 12.1 Å². The molecule has 0 heterocycles. The average molecular weight is 154 g/mol. The molecule has 0 rings (SSSR count). The Labute approximate surface area is 55.0 Å². The second-order valence-electron chi connectivity index (χ2n) is 1.66. The van der Waals surface area contributed by atoms with E-state index < -0.39 is 17.7 Å². The number of carbonyl (C=O) groups is 1. The van der Waals surface area contributed by atoms with E-state index in [9.17, 15) is 18.0 Å². The molecule has 0 radical (unpaired) electrons. The summed E-state index contributed by atoms with van der Waals surface area (Å²) in [6, 6.07) is 0. The third-order valence-electron chi connectivity index (χ3n) is 0.787. The fourth-order valence-electron chi connectivity index (χ4n) is 0.267. The molecule has 10 heavy (non-hydrogen) atoms. The van der Waals surface area contributed by atoms with Crippen molar-refractivity contribution in [2.24, 2.45) is 0 Å². The summed E-state index contributed by atoms with van der Waals surface area (Å²) in [5.74, 6) is -1.59. The van der Waals surface area contributed by atoms with Crippen molar-refractivity contribution in [2.45, 2.75) is 13.1 Å². The van der Waals surface area contributed by atoms with Crippen molar-refractivity contribution in [1.29, 1.82) is 0 Å². The van der Waals surface area contributed by atoms with Crippen LogP contribution < -0.4 is 0 Å². The highest BCUT2D eigenvalue weighted by Crippen LogP contribution is 2.24. The first-order valence-corrected chi connectivity index (χ1v) is 2.32. The smallest absolute Gasteiger partial charge is 0.412 e. The van der Waals surface area contributed by atoms with Crippen LogP contribution in [0.2, 0.25) is 0 Å². The molecule has 0 fully saturated rings. The van der Waals surface area contributed by atoms with Crippen molar-refractivity contribution in [3.63, 3.8) is 0 Å². The van der Waals surface area contributed by atoms with Gasteiger partial charge in [-0.2, -0.15) is 13.2 Å². The molecule has 0 aromatic rings.